The van der Waals surface area contributed by atoms with E-state index in [1.54, 1.807) is 22.0 Å². The molecular weight excluding hydrogens is 350 g/mol. The van der Waals surface area contributed by atoms with E-state index < -0.39 is 0 Å². The largest absolute Gasteiger partial charge is 0.289 e. The van der Waals surface area contributed by atoms with Gasteiger partial charge in [0.2, 0.25) is 0 Å². The van der Waals surface area contributed by atoms with Gasteiger partial charge in [-0.25, -0.2) is 4.98 Å². The van der Waals surface area contributed by atoms with Gasteiger partial charge in [0.15, 0.2) is 0 Å². The minimum atomic E-state index is -0.127. The molecular formula is C19H18ClN5O. The van der Waals surface area contributed by atoms with Crippen LogP contribution in [0.15, 0.2) is 36.7 Å². The van der Waals surface area contributed by atoms with Crippen molar-refractivity contribution in [3.63, 3.8) is 0 Å². The number of hydrogen-bond donors (Lipinski definition) is 0. The van der Waals surface area contributed by atoms with E-state index >= 15 is 0 Å². The first kappa shape index (κ1) is 16.7. The molecule has 6 nitrogen and oxygen atoms in total. The average Bonchev–Trinajstić information content (AvgIpc) is 3.06. The molecule has 4 heterocycles. The third-order valence-electron chi connectivity index (χ3n) is 4.61. The molecule has 132 valence electrons. The zero-order valence-electron chi connectivity index (χ0n) is 14.8. The van der Waals surface area contributed by atoms with Gasteiger partial charge < -0.3 is 0 Å². The lowest BCUT2D eigenvalue weighted by Crippen LogP contribution is -2.43. The molecule has 0 fully saturated rings. The van der Waals surface area contributed by atoms with Crippen molar-refractivity contribution in [2.75, 3.05) is 11.4 Å². The molecule has 1 atom stereocenters. The van der Waals surface area contributed by atoms with Crippen molar-refractivity contribution in [2.24, 2.45) is 0 Å². The number of carbonyl (C=O) groups excluding carboxylic acids is 1. The van der Waals surface area contributed by atoms with Crippen molar-refractivity contribution in [2.45, 2.75) is 26.8 Å². The highest BCUT2D eigenvalue weighted by molar-refractivity contribution is 6.30. The highest BCUT2D eigenvalue weighted by Gasteiger charge is 2.34. The second-order valence-corrected chi connectivity index (χ2v) is 6.94. The summed E-state index contributed by atoms with van der Waals surface area (Å²) in [6.45, 7) is 6.34. The molecule has 0 saturated carbocycles. The van der Waals surface area contributed by atoms with Crippen LogP contribution in [-0.2, 0) is 0 Å². The van der Waals surface area contributed by atoms with Crippen LogP contribution < -0.4 is 4.90 Å². The molecule has 0 aliphatic carbocycles. The van der Waals surface area contributed by atoms with Gasteiger partial charge in [0, 0.05) is 24.0 Å². The first-order valence-electron chi connectivity index (χ1n) is 8.41. The smallest absolute Gasteiger partial charge is 0.278 e. The summed E-state index contributed by atoms with van der Waals surface area (Å²) in [4.78, 5) is 23.6. The molecule has 1 aliphatic rings. The standard InChI is InChI=1S/C19H18ClN5O/c1-11-4-5-16(23-18(11)20)24-10-13(3)25-17(19(24)26)15(9-22-25)14-6-7-21-12(2)8-14/h4-9,13H,10H2,1-3H3/t13-/m0/s1. The first-order chi connectivity index (χ1) is 12.5. The van der Waals surface area contributed by atoms with Crippen molar-refractivity contribution in [3.8, 4) is 11.1 Å². The Morgan fingerprint density at radius 3 is 2.77 bits per heavy atom. The fraction of sp³-hybridized carbons (Fsp3) is 0.263. The number of aromatic nitrogens is 4. The van der Waals surface area contributed by atoms with Crippen LogP contribution >= 0.6 is 11.6 Å². The minimum absolute atomic E-state index is 0.0289. The number of nitrogens with zero attached hydrogens (tertiary/aromatic N) is 5. The molecule has 0 N–H and O–H groups in total. The van der Waals surface area contributed by atoms with Gasteiger partial charge in [0.05, 0.1) is 12.2 Å². The Morgan fingerprint density at radius 2 is 2.04 bits per heavy atom. The lowest BCUT2D eigenvalue weighted by Gasteiger charge is -2.31. The van der Waals surface area contributed by atoms with E-state index in [9.17, 15) is 4.79 Å². The predicted molar refractivity (Wildman–Crippen MR) is 101 cm³/mol. The van der Waals surface area contributed by atoms with Crippen molar-refractivity contribution in [1.82, 2.24) is 19.7 Å². The summed E-state index contributed by atoms with van der Waals surface area (Å²) in [6, 6.07) is 7.58. The van der Waals surface area contributed by atoms with Crippen LogP contribution in [0, 0.1) is 13.8 Å². The maximum atomic E-state index is 13.3. The third kappa shape index (κ3) is 2.66. The Labute approximate surface area is 156 Å². The number of halogens is 1. The topological polar surface area (TPSA) is 63.9 Å². The summed E-state index contributed by atoms with van der Waals surface area (Å²) in [6.07, 6.45) is 3.49. The fourth-order valence-electron chi connectivity index (χ4n) is 3.23. The molecule has 0 radical (unpaired) electrons. The van der Waals surface area contributed by atoms with Crippen LogP contribution in [0.5, 0.6) is 0 Å². The van der Waals surface area contributed by atoms with E-state index in [0.717, 1.165) is 22.4 Å². The van der Waals surface area contributed by atoms with Gasteiger partial charge in [-0.15, -0.1) is 0 Å². The fourth-order valence-corrected chi connectivity index (χ4v) is 3.38. The third-order valence-corrected chi connectivity index (χ3v) is 4.99. The molecule has 0 unspecified atom stereocenters. The number of carbonyl (C=O) groups is 1. The van der Waals surface area contributed by atoms with Crippen LogP contribution in [0.25, 0.3) is 11.1 Å². The predicted octanol–water partition coefficient (Wildman–Crippen LogP) is 3.83. The monoisotopic (exact) mass is 367 g/mol. The summed E-state index contributed by atoms with van der Waals surface area (Å²) >= 11 is 6.17. The Bertz CT molecular complexity index is 1010. The molecule has 0 bridgehead atoms. The summed E-state index contributed by atoms with van der Waals surface area (Å²) in [7, 11) is 0. The number of anilines is 1. The Morgan fingerprint density at radius 1 is 1.23 bits per heavy atom. The van der Waals surface area contributed by atoms with Crippen molar-refractivity contribution in [1.29, 1.82) is 0 Å². The molecule has 26 heavy (non-hydrogen) atoms. The lowest BCUT2D eigenvalue weighted by atomic mass is 10.0. The van der Waals surface area contributed by atoms with Crippen LogP contribution in [0.4, 0.5) is 5.82 Å². The van der Waals surface area contributed by atoms with Crippen LogP contribution in [0.3, 0.4) is 0 Å². The van der Waals surface area contributed by atoms with Gasteiger partial charge in [0.1, 0.15) is 16.7 Å². The van der Waals surface area contributed by atoms with Gasteiger partial charge in [0.25, 0.3) is 5.91 Å². The zero-order chi connectivity index (χ0) is 18.4. The van der Waals surface area contributed by atoms with Crippen LogP contribution in [0.1, 0.15) is 34.7 Å². The molecule has 3 aromatic heterocycles. The molecule has 4 rings (SSSR count). The SMILES string of the molecule is Cc1cc(-c2cnn3c2C(=O)N(c2ccc(C)c(Cl)n2)C[C@@H]3C)ccn1. The van der Waals surface area contributed by atoms with E-state index in [0.29, 0.717) is 23.2 Å². The Kier molecular flexibility index (Phi) is 4.00. The lowest BCUT2D eigenvalue weighted by molar-refractivity contribution is 0.0953. The minimum Gasteiger partial charge on any atom is -0.289 e. The van der Waals surface area contributed by atoms with Gasteiger partial charge in [-0.1, -0.05) is 17.7 Å². The number of aryl methyl sites for hydroxylation is 2. The quantitative estimate of drug-likeness (QED) is 0.646. The van der Waals surface area contributed by atoms with E-state index in [-0.39, 0.29) is 11.9 Å². The number of pyridine rings is 2. The van der Waals surface area contributed by atoms with Crippen molar-refractivity contribution < 1.29 is 4.79 Å². The number of hydrogen-bond acceptors (Lipinski definition) is 4. The highest BCUT2D eigenvalue weighted by Crippen LogP contribution is 2.32. The Balaban J connectivity index is 1.82. The zero-order valence-corrected chi connectivity index (χ0v) is 15.5. The molecule has 3 aromatic rings. The molecule has 1 aliphatic heterocycles. The average molecular weight is 368 g/mol. The van der Waals surface area contributed by atoms with E-state index in [2.05, 4.69) is 15.1 Å². The maximum Gasteiger partial charge on any atom is 0.278 e. The number of rotatable bonds is 2. The normalized spacial score (nSPS) is 16.7. The molecule has 0 aromatic carbocycles. The van der Waals surface area contributed by atoms with E-state index in [4.69, 9.17) is 11.6 Å². The summed E-state index contributed by atoms with van der Waals surface area (Å²) in [5.74, 6) is 0.430. The van der Waals surface area contributed by atoms with Crippen molar-refractivity contribution in [3.05, 3.63) is 58.8 Å². The van der Waals surface area contributed by atoms with Crippen LogP contribution in [0.2, 0.25) is 5.15 Å². The molecule has 0 spiro atoms. The molecule has 1 amide bonds. The van der Waals surface area contributed by atoms with Gasteiger partial charge in [-0.05, 0) is 50.1 Å². The van der Waals surface area contributed by atoms with E-state index in [1.807, 2.05) is 45.0 Å². The highest BCUT2D eigenvalue weighted by atomic mass is 35.5. The summed E-state index contributed by atoms with van der Waals surface area (Å²) in [5, 5.41) is 4.87. The van der Waals surface area contributed by atoms with Gasteiger partial charge >= 0.3 is 0 Å². The maximum absolute atomic E-state index is 13.3. The number of amides is 1. The molecule has 7 heteroatoms. The summed E-state index contributed by atoms with van der Waals surface area (Å²) in [5.41, 5.74) is 4.06. The number of fused-ring (bicyclic) bond motifs is 1. The van der Waals surface area contributed by atoms with Crippen LogP contribution in [-0.4, -0.2) is 32.2 Å². The van der Waals surface area contributed by atoms with Gasteiger partial charge in [-0.2, -0.15) is 5.10 Å². The van der Waals surface area contributed by atoms with E-state index in [1.165, 1.54) is 0 Å². The first-order valence-corrected chi connectivity index (χ1v) is 8.79. The van der Waals surface area contributed by atoms with Crippen molar-refractivity contribution >= 4 is 23.3 Å². The van der Waals surface area contributed by atoms with Gasteiger partial charge in [-0.3, -0.25) is 19.4 Å². The summed E-state index contributed by atoms with van der Waals surface area (Å²) < 4.78 is 1.79. The molecule has 0 saturated heterocycles. The second-order valence-electron chi connectivity index (χ2n) is 6.58. The Hall–Kier alpha value is -2.73. The second kappa shape index (κ2) is 6.21.